The van der Waals surface area contributed by atoms with E-state index in [1.165, 1.54) is 9.13 Å². The van der Waals surface area contributed by atoms with Gasteiger partial charge in [-0.15, -0.1) is 0 Å². The van der Waals surface area contributed by atoms with Crippen LogP contribution < -0.4 is 25.5 Å². The zero-order valence-electron chi connectivity index (χ0n) is 17.7. The van der Waals surface area contributed by atoms with Crippen molar-refractivity contribution in [3.8, 4) is 5.75 Å². The molecule has 0 saturated carbocycles. The number of hydrogen-bond acceptors (Lipinski definition) is 5. The van der Waals surface area contributed by atoms with Crippen molar-refractivity contribution in [2.75, 3.05) is 31.3 Å². The fourth-order valence-electron chi connectivity index (χ4n) is 3.98. The quantitative estimate of drug-likeness (QED) is 0.465. The monoisotopic (exact) mass is 414 g/mol. The third-order valence-electron chi connectivity index (χ3n) is 5.42. The number of fused-ring (bicyclic) bond motifs is 3. The third-order valence-corrected chi connectivity index (χ3v) is 5.42. The summed E-state index contributed by atoms with van der Waals surface area (Å²) in [6.45, 7) is 7.09. The van der Waals surface area contributed by atoms with Crippen molar-refractivity contribution in [2.45, 2.75) is 33.4 Å². The predicted molar refractivity (Wildman–Crippen MR) is 114 cm³/mol. The van der Waals surface area contributed by atoms with Crippen molar-refractivity contribution in [3.05, 3.63) is 45.1 Å². The number of aromatic nitrogens is 4. The molecule has 1 aliphatic rings. The molecule has 160 valence electrons. The summed E-state index contributed by atoms with van der Waals surface area (Å²) in [5.74, 6) is 1.62. The molecule has 9 nitrogen and oxygen atoms in total. The van der Waals surface area contributed by atoms with E-state index in [1.807, 2.05) is 42.7 Å². The van der Waals surface area contributed by atoms with Gasteiger partial charge in [0, 0.05) is 20.1 Å². The van der Waals surface area contributed by atoms with Gasteiger partial charge in [-0.05, 0) is 38.1 Å². The topological polar surface area (TPSA) is 85.4 Å². The minimum Gasteiger partial charge on any atom is -0.494 e. The van der Waals surface area contributed by atoms with Crippen molar-refractivity contribution < 1.29 is 14.0 Å². The fraction of sp³-hybridized carbons (Fsp3) is 0.476. The molecule has 0 unspecified atom stereocenters. The summed E-state index contributed by atoms with van der Waals surface area (Å²) in [5, 5.41) is 0. The van der Waals surface area contributed by atoms with Crippen LogP contribution in [0.2, 0.25) is 0 Å². The average molecular weight is 414 g/mol. The van der Waals surface area contributed by atoms with Crippen molar-refractivity contribution in [1.82, 2.24) is 14.1 Å². The Balaban J connectivity index is 1.81. The van der Waals surface area contributed by atoms with Gasteiger partial charge < -0.3 is 9.47 Å². The molecule has 3 heterocycles. The van der Waals surface area contributed by atoms with E-state index in [-0.39, 0.29) is 17.8 Å². The third kappa shape index (κ3) is 3.39. The van der Waals surface area contributed by atoms with Crippen LogP contribution in [0.1, 0.15) is 20.3 Å². The van der Waals surface area contributed by atoms with Crippen LogP contribution in [0.15, 0.2) is 33.9 Å². The van der Waals surface area contributed by atoms with Crippen LogP contribution in [-0.4, -0.2) is 40.5 Å². The van der Waals surface area contributed by atoms with Crippen LogP contribution in [-0.2, 0) is 24.9 Å². The van der Waals surface area contributed by atoms with E-state index in [9.17, 15) is 9.59 Å². The highest BCUT2D eigenvalue weighted by molar-refractivity contribution is 5.70. The van der Waals surface area contributed by atoms with Gasteiger partial charge >= 0.3 is 11.6 Å². The second kappa shape index (κ2) is 8.35. The molecular formula is C21H28N5O4+. The van der Waals surface area contributed by atoms with Crippen molar-refractivity contribution in [3.63, 3.8) is 0 Å². The fourth-order valence-corrected chi connectivity index (χ4v) is 3.98. The van der Waals surface area contributed by atoms with Crippen LogP contribution in [0.5, 0.6) is 5.75 Å². The summed E-state index contributed by atoms with van der Waals surface area (Å²) in [4.78, 5) is 31.4. The highest BCUT2D eigenvalue weighted by Crippen LogP contribution is 2.27. The van der Waals surface area contributed by atoms with Crippen LogP contribution in [0.3, 0.4) is 0 Å². The smallest absolute Gasteiger partial charge is 0.364 e. The lowest BCUT2D eigenvalue weighted by Gasteiger charge is -2.22. The molecule has 30 heavy (non-hydrogen) atoms. The molecule has 0 bridgehead atoms. The lowest BCUT2D eigenvalue weighted by Crippen LogP contribution is -2.49. The van der Waals surface area contributed by atoms with Gasteiger partial charge in [0.25, 0.3) is 5.56 Å². The Bertz CT molecular complexity index is 1160. The van der Waals surface area contributed by atoms with Crippen LogP contribution >= 0.6 is 0 Å². The number of aryl methyl sites for hydroxylation is 2. The van der Waals surface area contributed by atoms with Gasteiger partial charge in [-0.25, -0.2) is 19.2 Å². The summed E-state index contributed by atoms with van der Waals surface area (Å²) < 4.78 is 15.6. The summed E-state index contributed by atoms with van der Waals surface area (Å²) >= 11 is 0. The van der Waals surface area contributed by atoms with E-state index in [1.54, 1.807) is 7.05 Å². The molecule has 0 saturated heterocycles. The molecular weight excluding hydrogens is 386 g/mol. The van der Waals surface area contributed by atoms with E-state index in [2.05, 4.69) is 9.88 Å². The Kier molecular flexibility index (Phi) is 5.63. The largest absolute Gasteiger partial charge is 0.494 e. The first-order valence-electron chi connectivity index (χ1n) is 10.4. The zero-order valence-corrected chi connectivity index (χ0v) is 17.7. The van der Waals surface area contributed by atoms with Gasteiger partial charge in [-0.1, -0.05) is 0 Å². The van der Waals surface area contributed by atoms with E-state index in [0.717, 1.165) is 30.4 Å². The van der Waals surface area contributed by atoms with Gasteiger partial charge in [-0.2, -0.15) is 0 Å². The summed E-state index contributed by atoms with van der Waals surface area (Å²) in [6, 6.07) is 7.89. The second-order valence-corrected chi connectivity index (χ2v) is 7.22. The second-order valence-electron chi connectivity index (χ2n) is 7.22. The SMILES string of the molecule is CCOCCn1c(=O)c2c([nH]c3[n+]2CCCN3c2ccc(OCC)cc2)n(C)c1=O. The minimum atomic E-state index is -0.348. The number of nitrogens with one attached hydrogen (secondary N) is 1. The molecule has 2 aromatic heterocycles. The average Bonchev–Trinajstić information content (AvgIpc) is 3.15. The van der Waals surface area contributed by atoms with Gasteiger partial charge in [0.15, 0.2) is 0 Å². The number of ether oxygens (including phenoxy) is 2. The summed E-state index contributed by atoms with van der Waals surface area (Å²) in [5.41, 5.74) is 1.41. The van der Waals surface area contributed by atoms with Gasteiger partial charge in [0.1, 0.15) is 11.4 Å². The molecule has 0 amide bonds. The first-order chi connectivity index (χ1) is 14.6. The van der Waals surface area contributed by atoms with Gasteiger partial charge in [-0.3, -0.25) is 13.9 Å². The molecule has 0 spiro atoms. The zero-order chi connectivity index (χ0) is 21.3. The highest BCUT2D eigenvalue weighted by Gasteiger charge is 2.33. The maximum Gasteiger partial charge on any atom is 0.364 e. The number of imidazole rings is 1. The Morgan fingerprint density at radius 3 is 2.60 bits per heavy atom. The Morgan fingerprint density at radius 1 is 1.13 bits per heavy atom. The van der Waals surface area contributed by atoms with Crippen LogP contribution in [0.25, 0.3) is 11.2 Å². The maximum absolute atomic E-state index is 13.2. The number of H-pyrrole nitrogens is 1. The number of benzene rings is 1. The summed E-state index contributed by atoms with van der Waals surface area (Å²) in [7, 11) is 1.69. The van der Waals surface area contributed by atoms with E-state index in [4.69, 9.17) is 9.47 Å². The molecule has 4 rings (SSSR count). The van der Waals surface area contributed by atoms with Crippen molar-refractivity contribution in [2.24, 2.45) is 7.05 Å². The van der Waals surface area contributed by atoms with Crippen LogP contribution in [0, 0.1) is 0 Å². The molecule has 1 aliphatic heterocycles. The van der Waals surface area contributed by atoms with Gasteiger partial charge in [0.05, 0.1) is 32.8 Å². The molecule has 1 aromatic carbocycles. The summed E-state index contributed by atoms with van der Waals surface area (Å²) in [6.07, 6.45) is 0.888. The van der Waals surface area contributed by atoms with Gasteiger partial charge in [0.2, 0.25) is 11.2 Å². The lowest BCUT2D eigenvalue weighted by atomic mass is 10.2. The molecule has 0 atom stereocenters. The molecule has 3 aromatic rings. The van der Waals surface area contributed by atoms with Crippen LogP contribution in [0.4, 0.5) is 11.6 Å². The first-order valence-corrected chi connectivity index (χ1v) is 10.4. The Labute approximate surface area is 174 Å². The first kappa shape index (κ1) is 20.2. The Hall–Kier alpha value is -3.07. The molecule has 0 radical (unpaired) electrons. The number of aromatic amines is 1. The van der Waals surface area contributed by atoms with E-state index >= 15 is 0 Å². The molecule has 0 aliphatic carbocycles. The van der Waals surface area contributed by atoms with Crippen molar-refractivity contribution >= 4 is 22.8 Å². The number of hydrogen-bond donors (Lipinski definition) is 1. The highest BCUT2D eigenvalue weighted by atomic mass is 16.5. The Morgan fingerprint density at radius 2 is 1.90 bits per heavy atom. The van der Waals surface area contributed by atoms with E-state index < -0.39 is 0 Å². The molecule has 0 fully saturated rings. The molecule has 9 heteroatoms. The lowest BCUT2D eigenvalue weighted by molar-refractivity contribution is -0.663. The minimum absolute atomic E-state index is 0.235. The maximum atomic E-state index is 13.2. The predicted octanol–water partition coefficient (Wildman–Crippen LogP) is 1.29. The standard InChI is InChI=1S/C21H27N5O4/c1-4-29-14-13-26-19(27)17-18(23(3)21(26)28)22-20-24(11-6-12-25(17)20)15-7-9-16(10-8-15)30-5-2/h7-10H,4-6,11-14H2,1-3H3/p+1. The normalized spacial score (nSPS) is 13.6. The number of nitrogens with zero attached hydrogens (tertiary/aromatic N) is 4. The van der Waals surface area contributed by atoms with Crippen molar-refractivity contribution in [1.29, 1.82) is 0 Å². The number of rotatable bonds is 7. The number of anilines is 2. The van der Waals surface area contributed by atoms with E-state index in [0.29, 0.717) is 37.5 Å². The molecule has 1 N–H and O–H groups in total.